The van der Waals surface area contributed by atoms with Gasteiger partial charge in [-0.25, -0.2) is 0 Å². The quantitative estimate of drug-likeness (QED) is 0.195. The zero-order chi connectivity index (χ0) is 26.4. The first-order valence-electron chi connectivity index (χ1n) is 12.0. The maximum Gasteiger partial charge on any atom is 0.266 e. The minimum atomic E-state index is -0.504. The highest BCUT2D eigenvalue weighted by Gasteiger charge is 2.16. The van der Waals surface area contributed by atoms with Crippen LogP contribution in [0.5, 0.6) is 11.5 Å². The highest BCUT2D eigenvalue weighted by atomic mass is 35.5. The van der Waals surface area contributed by atoms with Crippen LogP contribution in [0.25, 0.3) is 16.8 Å². The zero-order valence-corrected chi connectivity index (χ0v) is 21.7. The van der Waals surface area contributed by atoms with Crippen LogP contribution in [-0.4, -0.2) is 12.5 Å². The molecule has 0 unspecified atom stereocenters. The van der Waals surface area contributed by atoms with Crippen LogP contribution in [0.15, 0.2) is 78.4 Å². The Bertz CT molecular complexity index is 1530. The van der Waals surface area contributed by atoms with Crippen molar-refractivity contribution in [2.75, 3.05) is 11.9 Å². The predicted octanol–water partition coefficient (Wildman–Crippen LogP) is 7.63. The van der Waals surface area contributed by atoms with Crippen molar-refractivity contribution in [3.8, 4) is 17.6 Å². The van der Waals surface area contributed by atoms with E-state index in [-0.39, 0.29) is 5.57 Å². The third-order valence-corrected chi connectivity index (χ3v) is 6.31. The molecule has 0 aliphatic carbocycles. The van der Waals surface area contributed by atoms with Crippen LogP contribution < -0.4 is 14.8 Å². The SMILES string of the molecule is CCOc1cc(/C=C(\C#N)C(=O)Nc2ccc(C)c(C)c2)cc(Cl)c1OCc1cccc2ccccc12. The van der Waals surface area contributed by atoms with Crippen LogP contribution in [0.4, 0.5) is 5.69 Å². The average molecular weight is 511 g/mol. The second-order valence-corrected chi connectivity index (χ2v) is 9.02. The molecule has 1 amide bonds. The lowest BCUT2D eigenvalue weighted by Gasteiger charge is -2.15. The fourth-order valence-corrected chi connectivity index (χ4v) is 4.25. The van der Waals surface area contributed by atoms with Crippen LogP contribution in [-0.2, 0) is 11.4 Å². The first-order valence-corrected chi connectivity index (χ1v) is 12.3. The van der Waals surface area contributed by atoms with Crippen molar-refractivity contribution in [3.63, 3.8) is 0 Å². The van der Waals surface area contributed by atoms with Gasteiger partial charge in [0.1, 0.15) is 18.2 Å². The number of aryl methyl sites for hydroxylation is 2. The van der Waals surface area contributed by atoms with Gasteiger partial charge in [-0.1, -0.05) is 60.1 Å². The normalized spacial score (nSPS) is 11.2. The third-order valence-electron chi connectivity index (χ3n) is 6.02. The van der Waals surface area contributed by atoms with Gasteiger partial charge in [0.2, 0.25) is 0 Å². The van der Waals surface area contributed by atoms with Gasteiger partial charge >= 0.3 is 0 Å². The molecule has 0 saturated carbocycles. The highest BCUT2D eigenvalue weighted by molar-refractivity contribution is 6.32. The van der Waals surface area contributed by atoms with Crippen LogP contribution in [0, 0.1) is 25.2 Å². The molecule has 37 heavy (non-hydrogen) atoms. The summed E-state index contributed by atoms with van der Waals surface area (Å²) in [4.78, 5) is 12.8. The van der Waals surface area contributed by atoms with Gasteiger partial charge in [0.05, 0.1) is 11.6 Å². The molecule has 0 spiro atoms. The van der Waals surface area contributed by atoms with Crippen molar-refractivity contribution >= 4 is 40.0 Å². The van der Waals surface area contributed by atoms with Gasteiger partial charge in [-0.3, -0.25) is 4.79 Å². The Kier molecular flexibility index (Phi) is 8.12. The topological polar surface area (TPSA) is 71.3 Å². The summed E-state index contributed by atoms with van der Waals surface area (Å²) >= 11 is 6.61. The third kappa shape index (κ3) is 6.11. The maximum atomic E-state index is 12.8. The standard InChI is InChI=1S/C31H27ClN2O3/c1-4-36-29-17-22(15-25(18-33)31(35)34-26-13-12-20(2)21(3)14-26)16-28(32)30(29)37-19-24-10-7-9-23-8-5-6-11-27(23)24/h5-17H,4,19H2,1-3H3,(H,34,35)/b25-15+. The summed E-state index contributed by atoms with van der Waals surface area (Å²) in [6, 6.07) is 25.1. The molecule has 0 radical (unpaired) electrons. The van der Waals surface area contributed by atoms with E-state index in [0.29, 0.717) is 41.0 Å². The summed E-state index contributed by atoms with van der Waals surface area (Å²) in [6.07, 6.45) is 1.49. The zero-order valence-electron chi connectivity index (χ0n) is 21.0. The van der Waals surface area contributed by atoms with Crippen molar-refractivity contribution in [1.29, 1.82) is 5.26 Å². The Balaban J connectivity index is 1.59. The highest BCUT2D eigenvalue weighted by Crippen LogP contribution is 2.38. The molecule has 4 aromatic carbocycles. The number of nitrogens with one attached hydrogen (secondary N) is 1. The lowest BCUT2D eigenvalue weighted by molar-refractivity contribution is -0.112. The Morgan fingerprint density at radius 1 is 1.00 bits per heavy atom. The van der Waals surface area contributed by atoms with E-state index in [4.69, 9.17) is 21.1 Å². The van der Waals surface area contributed by atoms with Crippen molar-refractivity contribution in [2.24, 2.45) is 0 Å². The predicted molar refractivity (Wildman–Crippen MR) is 149 cm³/mol. The average Bonchev–Trinajstić information content (AvgIpc) is 2.89. The molecule has 0 fully saturated rings. The largest absolute Gasteiger partial charge is 0.490 e. The van der Waals surface area contributed by atoms with Gasteiger partial charge in [-0.05, 0) is 84.1 Å². The number of hydrogen-bond acceptors (Lipinski definition) is 4. The molecule has 186 valence electrons. The van der Waals surface area contributed by atoms with E-state index in [1.807, 2.05) is 63.2 Å². The maximum absolute atomic E-state index is 12.8. The van der Waals surface area contributed by atoms with Crippen molar-refractivity contribution < 1.29 is 14.3 Å². The van der Waals surface area contributed by atoms with E-state index >= 15 is 0 Å². The van der Waals surface area contributed by atoms with Gasteiger partial charge in [0.25, 0.3) is 5.91 Å². The molecule has 6 heteroatoms. The summed E-state index contributed by atoms with van der Waals surface area (Å²) in [5.41, 5.74) is 4.32. The number of benzene rings is 4. The first-order chi connectivity index (χ1) is 17.9. The number of rotatable bonds is 8. The smallest absolute Gasteiger partial charge is 0.266 e. The summed E-state index contributed by atoms with van der Waals surface area (Å²) < 4.78 is 11.9. The number of carbonyl (C=O) groups is 1. The van der Waals surface area contributed by atoms with Gasteiger partial charge in [0, 0.05) is 5.69 Å². The number of amides is 1. The van der Waals surface area contributed by atoms with Gasteiger partial charge in [-0.2, -0.15) is 5.26 Å². The van der Waals surface area contributed by atoms with Gasteiger partial charge < -0.3 is 14.8 Å². The minimum absolute atomic E-state index is 0.0545. The van der Waals surface area contributed by atoms with Crippen molar-refractivity contribution in [1.82, 2.24) is 0 Å². The van der Waals surface area contributed by atoms with Crippen molar-refractivity contribution in [3.05, 3.63) is 106 Å². The van der Waals surface area contributed by atoms with Crippen LogP contribution in [0.1, 0.15) is 29.2 Å². The fraction of sp³-hybridized carbons (Fsp3) is 0.161. The molecular formula is C31H27ClN2O3. The molecule has 0 bridgehead atoms. The van der Waals surface area contributed by atoms with Crippen LogP contribution >= 0.6 is 11.6 Å². The lowest BCUT2D eigenvalue weighted by atomic mass is 10.1. The number of fused-ring (bicyclic) bond motifs is 1. The Labute approximate surface area is 221 Å². The molecule has 0 atom stereocenters. The van der Waals surface area contributed by atoms with Gasteiger partial charge in [-0.15, -0.1) is 0 Å². The molecule has 0 aromatic heterocycles. The van der Waals surface area contributed by atoms with E-state index in [2.05, 4.69) is 23.5 Å². The molecule has 0 aliphatic heterocycles. The molecule has 0 aliphatic rings. The lowest BCUT2D eigenvalue weighted by Crippen LogP contribution is -2.13. The number of anilines is 1. The number of nitrogens with zero attached hydrogens (tertiary/aromatic N) is 1. The molecular weight excluding hydrogens is 484 g/mol. The van der Waals surface area contributed by atoms with E-state index in [0.717, 1.165) is 27.5 Å². The molecule has 1 N–H and O–H groups in total. The molecule has 4 aromatic rings. The minimum Gasteiger partial charge on any atom is -0.490 e. The Morgan fingerprint density at radius 3 is 2.54 bits per heavy atom. The van der Waals surface area contributed by atoms with E-state index in [1.165, 1.54) is 6.08 Å². The van der Waals surface area contributed by atoms with E-state index in [1.54, 1.807) is 18.2 Å². The molecule has 0 saturated heterocycles. The second kappa shape index (κ2) is 11.6. The monoisotopic (exact) mass is 510 g/mol. The number of nitriles is 1. The summed E-state index contributed by atoms with van der Waals surface area (Å²) in [5.74, 6) is 0.344. The second-order valence-electron chi connectivity index (χ2n) is 8.61. The Morgan fingerprint density at radius 2 is 1.78 bits per heavy atom. The first kappa shape index (κ1) is 25.8. The fourth-order valence-electron chi connectivity index (χ4n) is 3.98. The van der Waals surface area contributed by atoms with Crippen LogP contribution in [0.2, 0.25) is 5.02 Å². The van der Waals surface area contributed by atoms with E-state index in [9.17, 15) is 10.1 Å². The summed E-state index contributed by atoms with van der Waals surface area (Å²) in [6.45, 7) is 6.52. The number of hydrogen-bond donors (Lipinski definition) is 1. The molecule has 5 nitrogen and oxygen atoms in total. The number of halogens is 1. The van der Waals surface area contributed by atoms with Crippen molar-refractivity contribution in [2.45, 2.75) is 27.4 Å². The van der Waals surface area contributed by atoms with Crippen LogP contribution in [0.3, 0.4) is 0 Å². The summed E-state index contributed by atoms with van der Waals surface area (Å²) in [7, 11) is 0. The van der Waals surface area contributed by atoms with E-state index < -0.39 is 5.91 Å². The molecule has 4 rings (SSSR count). The Hall–Kier alpha value is -4.27. The summed E-state index contributed by atoms with van der Waals surface area (Å²) in [5, 5.41) is 15.0. The number of carbonyl (C=O) groups excluding carboxylic acids is 1. The van der Waals surface area contributed by atoms with Gasteiger partial charge in [0.15, 0.2) is 11.5 Å². The molecule has 0 heterocycles. The number of ether oxygens (including phenoxy) is 2.